The van der Waals surface area contributed by atoms with Crippen LogP contribution >= 0.6 is 11.8 Å². The van der Waals surface area contributed by atoms with E-state index in [1.807, 2.05) is 0 Å². The van der Waals surface area contributed by atoms with Crippen molar-refractivity contribution in [1.82, 2.24) is 5.32 Å². The van der Waals surface area contributed by atoms with Crippen molar-refractivity contribution in [1.29, 1.82) is 0 Å². The Hall–Kier alpha value is -0.220. The molecule has 0 aliphatic carbocycles. The fourth-order valence-corrected chi connectivity index (χ4v) is 2.26. The van der Waals surface area contributed by atoms with Crippen LogP contribution in [0.4, 0.5) is 0 Å². The molecule has 0 spiro atoms. The van der Waals surface area contributed by atoms with E-state index in [1.165, 1.54) is 19.3 Å². The maximum absolute atomic E-state index is 10.4. The van der Waals surface area contributed by atoms with E-state index in [0.29, 0.717) is 11.8 Å². The van der Waals surface area contributed by atoms with Gasteiger partial charge in [0.1, 0.15) is 0 Å². The van der Waals surface area contributed by atoms with Gasteiger partial charge >= 0.3 is 0 Å². The van der Waals surface area contributed by atoms with Crippen molar-refractivity contribution in [2.24, 2.45) is 5.73 Å². The predicted octanol–water partition coefficient (Wildman–Crippen LogP) is 0.347. The Balaban J connectivity index is 2.01. The third kappa shape index (κ3) is 3.97. The van der Waals surface area contributed by atoms with Crippen LogP contribution in [0.3, 0.4) is 0 Å². The van der Waals surface area contributed by atoms with E-state index in [1.54, 1.807) is 11.8 Å². The standard InChI is InChI=1S/C8H16N2OS/c9-8(11)6-12-5-7-3-1-2-4-10-7/h7,10H,1-6H2,(H2,9,11). The Bertz CT molecular complexity index is 146. The summed E-state index contributed by atoms with van der Waals surface area (Å²) < 4.78 is 0. The largest absolute Gasteiger partial charge is 0.369 e. The van der Waals surface area contributed by atoms with Crippen LogP contribution in [0.25, 0.3) is 0 Å². The van der Waals surface area contributed by atoms with E-state index in [9.17, 15) is 4.79 Å². The topological polar surface area (TPSA) is 55.1 Å². The number of primary amides is 1. The molecule has 1 unspecified atom stereocenters. The normalized spacial score (nSPS) is 23.8. The first-order valence-electron chi connectivity index (χ1n) is 4.38. The lowest BCUT2D eigenvalue weighted by molar-refractivity contribution is -0.115. The van der Waals surface area contributed by atoms with E-state index in [-0.39, 0.29) is 5.91 Å². The number of rotatable bonds is 4. The molecule has 3 N–H and O–H groups in total. The number of amides is 1. The zero-order valence-electron chi connectivity index (χ0n) is 7.21. The number of hydrogen-bond donors (Lipinski definition) is 2. The van der Waals surface area contributed by atoms with E-state index in [0.717, 1.165) is 12.3 Å². The predicted molar refractivity (Wildman–Crippen MR) is 52.2 cm³/mol. The SMILES string of the molecule is NC(=O)CSCC1CCCCN1. The summed E-state index contributed by atoms with van der Waals surface area (Å²) in [5.74, 6) is 1.26. The molecule has 0 aromatic heterocycles. The summed E-state index contributed by atoms with van der Waals surface area (Å²) in [5.41, 5.74) is 5.03. The van der Waals surface area contributed by atoms with Gasteiger partial charge in [0.2, 0.25) is 5.91 Å². The molecule has 1 amide bonds. The first-order chi connectivity index (χ1) is 5.79. The van der Waals surface area contributed by atoms with Crippen LogP contribution in [-0.4, -0.2) is 30.0 Å². The summed E-state index contributed by atoms with van der Waals surface area (Å²) in [6, 6.07) is 0.600. The summed E-state index contributed by atoms with van der Waals surface area (Å²) in [5, 5.41) is 3.42. The summed E-state index contributed by atoms with van der Waals surface area (Å²) in [6.45, 7) is 1.13. The molecule has 1 atom stereocenters. The molecule has 1 aliphatic heterocycles. The van der Waals surface area contributed by atoms with Gasteiger partial charge in [-0.05, 0) is 19.4 Å². The smallest absolute Gasteiger partial charge is 0.227 e. The lowest BCUT2D eigenvalue weighted by Gasteiger charge is -2.22. The summed E-state index contributed by atoms with van der Waals surface area (Å²) >= 11 is 1.63. The number of carbonyl (C=O) groups is 1. The summed E-state index contributed by atoms with van der Waals surface area (Å²) in [6.07, 6.45) is 3.84. The van der Waals surface area contributed by atoms with Gasteiger partial charge in [0.05, 0.1) is 5.75 Å². The van der Waals surface area contributed by atoms with Crippen LogP contribution in [-0.2, 0) is 4.79 Å². The van der Waals surface area contributed by atoms with Crippen molar-refractivity contribution < 1.29 is 4.79 Å². The first kappa shape index (κ1) is 9.86. The molecule has 1 aliphatic rings. The number of hydrogen-bond acceptors (Lipinski definition) is 3. The van der Waals surface area contributed by atoms with Crippen molar-refractivity contribution in [2.45, 2.75) is 25.3 Å². The number of carbonyl (C=O) groups excluding carboxylic acids is 1. The van der Waals surface area contributed by atoms with Crippen LogP contribution in [0.15, 0.2) is 0 Å². The molecular formula is C8H16N2OS. The minimum Gasteiger partial charge on any atom is -0.369 e. The van der Waals surface area contributed by atoms with Gasteiger partial charge in [-0.3, -0.25) is 4.79 Å². The maximum atomic E-state index is 10.4. The Morgan fingerprint density at radius 2 is 2.42 bits per heavy atom. The van der Waals surface area contributed by atoms with E-state index in [4.69, 9.17) is 5.73 Å². The zero-order chi connectivity index (χ0) is 8.81. The van der Waals surface area contributed by atoms with Crippen molar-refractivity contribution in [3.05, 3.63) is 0 Å². The number of nitrogens with one attached hydrogen (secondary N) is 1. The number of piperidine rings is 1. The number of thioether (sulfide) groups is 1. The fourth-order valence-electron chi connectivity index (χ4n) is 1.37. The molecule has 1 saturated heterocycles. The fraction of sp³-hybridized carbons (Fsp3) is 0.875. The average molecular weight is 188 g/mol. The van der Waals surface area contributed by atoms with E-state index >= 15 is 0 Å². The van der Waals surface area contributed by atoms with Crippen LogP contribution in [0.1, 0.15) is 19.3 Å². The monoisotopic (exact) mass is 188 g/mol. The highest BCUT2D eigenvalue weighted by Crippen LogP contribution is 2.11. The van der Waals surface area contributed by atoms with Crippen LogP contribution < -0.4 is 11.1 Å². The molecule has 0 radical (unpaired) electrons. The highest BCUT2D eigenvalue weighted by Gasteiger charge is 2.11. The summed E-state index contributed by atoms with van der Waals surface area (Å²) in [4.78, 5) is 10.4. The van der Waals surface area contributed by atoms with Crippen LogP contribution in [0.2, 0.25) is 0 Å². The van der Waals surface area contributed by atoms with E-state index in [2.05, 4.69) is 5.32 Å². The minimum absolute atomic E-state index is 0.212. The van der Waals surface area contributed by atoms with Gasteiger partial charge in [-0.1, -0.05) is 6.42 Å². The van der Waals surface area contributed by atoms with Gasteiger partial charge in [0, 0.05) is 11.8 Å². The number of nitrogens with two attached hydrogens (primary N) is 1. The van der Waals surface area contributed by atoms with Gasteiger partial charge in [-0.15, -0.1) is 0 Å². The van der Waals surface area contributed by atoms with E-state index < -0.39 is 0 Å². The van der Waals surface area contributed by atoms with Crippen LogP contribution in [0.5, 0.6) is 0 Å². The van der Waals surface area contributed by atoms with Gasteiger partial charge < -0.3 is 11.1 Å². The molecule has 0 bridgehead atoms. The molecule has 0 aromatic rings. The second-order valence-electron chi connectivity index (χ2n) is 3.13. The molecule has 70 valence electrons. The second-order valence-corrected chi connectivity index (χ2v) is 4.16. The Kier molecular flexibility index (Phi) is 4.46. The van der Waals surface area contributed by atoms with Crippen molar-refractivity contribution >= 4 is 17.7 Å². The Morgan fingerprint density at radius 1 is 1.58 bits per heavy atom. The summed E-state index contributed by atoms with van der Waals surface area (Å²) in [7, 11) is 0. The van der Waals surface area contributed by atoms with Gasteiger partial charge in [-0.25, -0.2) is 0 Å². The van der Waals surface area contributed by atoms with Crippen LogP contribution in [0, 0.1) is 0 Å². The van der Waals surface area contributed by atoms with Gasteiger partial charge in [0.15, 0.2) is 0 Å². The van der Waals surface area contributed by atoms with Crippen molar-refractivity contribution in [3.8, 4) is 0 Å². The van der Waals surface area contributed by atoms with Gasteiger partial charge in [0.25, 0.3) is 0 Å². The molecular weight excluding hydrogens is 172 g/mol. The molecule has 0 saturated carbocycles. The molecule has 0 aromatic carbocycles. The lowest BCUT2D eigenvalue weighted by atomic mass is 10.1. The molecule has 1 rings (SSSR count). The average Bonchev–Trinajstić information content (AvgIpc) is 2.05. The Labute approximate surface area is 77.5 Å². The third-order valence-electron chi connectivity index (χ3n) is 1.98. The highest BCUT2D eigenvalue weighted by molar-refractivity contribution is 7.99. The maximum Gasteiger partial charge on any atom is 0.227 e. The molecule has 1 heterocycles. The van der Waals surface area contributed by atoms with Gasteiger partial charge in [-0.2, -0.15) is 11.8 Å². The molecule has 3 nitrogen and oxygen atoms in total. The van der Waals surface area contributed by atoms with Crippen molar-refractivity contribution in [2.75, 3.05) is 18.1 Å². The van der Waals surface area contributed by atoms with Crippen molar-refractivity contribution in [3.63, 3.8) is 0 Å². The first-order valence-corrected chi connectivity index (χ1v) is 5.54. The zero-order valence-corrected chi connectivity index (χ0v) is 8.03. The molecule has 1 fully saturated rings. The quantitative estimate of drug-likeness (QED) is 0.669. The second kappa shape index (κ2) is 5.43. The molecule has 12 heavy (non-hydrogen) atoms. The molecule has 4 heteroatoms. The Morgan fingerprint density at radius 3 is 3.00 bits per heavy atom. The third-order valence-corrected chi connectivity index (χ3v) is 3.10. The lowest BCUT2D eigenvalue weighted by Crippen LogP contribution is -2.36. The minimum atomic E-state index is -0.212. The highest BCUT2D eigenvalue weighted by atomic mass is 32.2.